The van der Waals surface area contributed by atoms with Crippen LogP contribution in [0.5, 0.6) is 0 Å². The van der Waals surface area contributed by atoms with E-state index in [0.717, 1.165) is 6.42 Å². The van der Waals surface area contributed by atoms with Gasteiger partial charge in [-0.15, -0.1) is 0 Å². The normalized spacial score (nSPS) is 35.8. The number of nitrogens with zero attached hydrogens (tertiary/aromatic N) is 2. The minimum atomic E-state index is -0.600. The Morgan fingerprint density at radius 3 is 2.83 bits per heavy atom. The molecule has 12 heavy (non-hydrogen) atoms. The van der Waals surface area contributed by atoms with Gasteiger partial charge in [0.1, 0.15) is 11.6 Å². The van der Waals surface area contributed by atoms with Crippen LogP contribution in [0.15, 0.2) is 0 Å². The van der Waals surface area contributed by atoms with Crippen molar-refractivity contribution in [3.8, 4) is 0 Å². The lowest BCUT2D eigenvalue weighted by atomic mass is 10.5. The summed E-state index contributed by atoms with van der Waals surface area (Å²) in [5, 5.41) is -0.0992. The van der Waals surface area contributed by atoms with Crippen molar-refractivity contribution in [1.29, 1.82) is 0 Å². The van der Waals surface area contributed by atoms with E-state index in [9.17, 15) is 0 Å². The first-order valence-corrected chi connectivity index (χ1v) is 4.08. The van der Waals surface area contributed by atoms with Gasteiger partial charge in [0.15, 0.2) is 0 Å². The van der Waals surface area contributed by atoms with E-state index in [0.29, 0.717) is 18.3 Å². The van der Waals surface area contributed by atoms with Gasteiger partial charge in [-0.2, -0.15) is 10.1 Å². The summed E-state index contributed by atoms with van der Waals surface area (Å²) in [7, 11) is 0. The number of hydroxylamine groups is 1. The molecule has 0 spiro atoms. The second-order valence-corrected chi connectivity index (χ2v) is 2.52. The van der Waals surface area contributed by atoms with Gasteiger partial charge in [-0.05, 0) is 13.3 Å². The predicted molar refractivity (Wildman–Crippen MR) is 39.8 cm³/mol. The fourth-order valence-corrected chi connectivity index (χ4v) is 0.754. The molecule has 0 amide bonds. The van der Waals surface area contributed by atoms with Crippen molar-refractivity contribution in [1.82, 2.24) is 5.43 Å². The number of hydrogen-bond acceptors (Lipinski definition) is 4. The molecule has 0 aromatic heterocycles. The number of nitrogens with one attached hydrogen (secondary N) is 2. The van der Waals surface area contributed by atoms with Crippen molar-refractivity contribution in [2.45, 2.75) is 20.3 Å². The summed E-state index contributed by atoms with van der Waals surface area (Å²) in [4.78, 5) is 9.95. The summed E-state index contributed by atoms with van der Waals surface area (Å²) in [5.41, 5.74) is 6.47. The van der Waals surface area contributed by atoms with Crippen molar-refractivity contribution in [3.63, 3.8) is 0 Å². The quantitative estimate of drug-likeness (QED) is 0.361. The Bertz CT molecular complexity index is 146. The first kappa shape index (κ1) is 9.81. The lowest BCUT2D eigenvalue weighted by molar-refractivity contribution is -1.37. The molecule has 0 radical (unpaired) electrons. The zero-order chi connectivity index (χ0) is 9.03. The number of hydrogen-bond donors (Lipinski definition) is 3. The van der Waals surface area contributed by atoms with Crippen LogP contribution in [0, 0.1) is 0 Å². The van der Waals surface area contributed by atoms with Gasteiger partial charge in [0.05, 0.1) is 11.5 Å². The molecule has 1 rings (SSSR count). The van der Waals surface area contributed by atoms with E-state index in [1.54, 1.807) is 0 Å². The minimum absolute atomic E-state index is 0.501. The molecule has 0 aromatic carbocycles. The van der Waals surface area contributed by atoms with Gasteiger partial charge in [0.25, 0.3) is 0 Å². The van der Waals surface area contributed by atoms with Crippen molar-refractivity contribution < 1.29 is 20.1 Å². The fourth-order valence-electron chi connectivity index (χ4n) is 0.754. The molecule has 2 atom stereocenters. The number of nitrogens with two attached hydrogens (primary N) is 1. The van der Waals surface area contributed by atoms with Gasteiger partial charge >= 0.3 is 0 Å². The highest BCUT2D eigenvalue weighted by molar-refractivity contribution is 4.25. The van der Waals surface area contributed by atoms with E-state index in [-0.39, 0.29) is 0 Å². The molecular formula is C5H16N5O2+. The average molecular weight is 178 g/mol. The van der Waals surface area contributed by atoms with Gasteiger partial charge in [-0.25, -0.2) is 5.59 Å². The molecule has 0 aromatic rings. The van der Waals surface area contributed by atoms with Crippen LogP contribution in [0.4, 0.5) is 0 Å². The average Bonchev–Trinajstić information content (AvgIpc) is 2.45. The third kappa shape index (κ3) is 2.35. The highest BCUT2D eigenvalue weighted by Crippen LogP contribution is 2.01. The highest BCUT2D eigenvalue weighted by Gasteiger charge is 2.36. The molecule has 1 aliphatic rings. The molecule has 0 bridgehead atoms. The van der Waals surface area contributed by atoms with Gasteiger partial charge in [0, 0.05) is 0 Å². The molecule has 0 saturated carbocycles. The van der Waals surface area contributed by atoms with Crippen molar-refractivity contribution >= 4 is 0 Å². The van der Waals surface area contributed by atoms with Crippen LogP contribution in [0.25, 0.3) is 5.59 Å². The van der Waals surface area contributed by atoms with E-state index in [1.165, 1.54) is 0 Å². The van der Waals surface area contributed by atoms with E-state index in [1.807, 2.05) is 13.8 Å². The van der Waals surface area contributed by atoms with Crippen LogP contribution in [0.2, 0.25) is 0 Å². The van der Waals surface area contributed by atoms with Crippen molar-refractivity contribution in [2.24, 2.45) is 5.84 Å². The van der Waals surface area contributed by atoms with E-state index < -0.39 is 5.03 Å². The topological polar surface area (TPSA) is 75.1 Å². The number of rotatable bonds is 4. The second kappa shape index (κ2) is 4.10. The maximum atomic E-state index is 5.58. The summed E-state index contributed by atoms with van der Waals surface area (Å²) < 4.78 is 0. The largest absolute Gasteiger partial charge is 0.218 e. The molecule has 1 aliphatic heterocycles. The van der Waals surface area contributed by atoms with E-state index in [4.69, 9.17) is 15.7 Å². The molecular weight excluding hydrogens is 162 g/mol. The Morgan fingerprint density at radius 2 is 2.33 bits per heavy atom. The molecule has 0 aliphatic carbocycles. The SMILES string of the molecule is CCCN[N+]1(N)O[N-][NH+](CC)O1. The predicted octanol–water partition coefficient (Wildman–Crippen LogP) is -1.51. The summed E-state index contributed by atoms with van der Waals surface area (Å²) in [6.45, 7) is 5.32. The minimum Gasteiger partial charge on any atom is -0.218 e. The molecule has 4 N–H and O–H groups in total. The zero-order valence-electron chi connectivity index (χ0n) is 7.41. The second-order valence-electron chi connectivity index (χ2n) is 2.52. The first-order chi connectivity index (χ1) is 5.70. The molecule has 1 heterocycles. The maximum absolute atomic E-state index is 5.58. The Balaban J connectivity index is 2.31. The monoisotopic (exact) mass is 178 g/mol. The van der Waals surface area contributed by atoms with Gasteiger partial charge in [-0.1, -0.05) is 18.2 Å². The Kier molecular flexibility index (Phi) is 3.35. The van der Waals surface area contributed by atoms with E-state index in [2.05, 4.69) is 11.0 Å². The summed E-state index contributed by atoms with van der Waals surface area (Å²) in [6, 6.07) is 0. The lowest BCUT2D eigenvalue weighted by Gasteiger charge is -2.17. The molecule has 1 fully saturated rings. The first-order valence-electron chi connectivity index (χ1n) is 4.08. The Labute approximate surface area is 71.3 Å². The Hall–Kier alpha value is -0.280. The third-order valence-corrected chi connectivity index (χ3v) is 1.39. The molecule has 1 saturated heterocycles. The standard InChI is InChI=1S/C5H16N5O2/c1-3-5-7-10(6)11-8-9(4-2)12-10/h7,9H,3-6H2,1-2H3/q+1. The molecule has 7 heteroatoms. The lowest BCUT2D eigenvalue weighted by Crippen LogP contribution is -3.06. The molecule has 7 nitrogen and oxygen atoms in total. The highest BCUT2D eigenvalue weighted by atomic mass is 17.2. The van der Waals surface area contributed by atoms with Crippen LogP contribution in [-0.4, -0.2) is 18.1 Å². The van der Waals surface area contributed by atoms with E-state index >= 15 is 0 Å². The van der Waals surface area contributed by atoms with Gasteiger partial charge in [0.2, 0.25) is 0 Å². The number of quaternary nitrogens is 2. The maximum Gasteiger partial charge on any atom is 0.145 e. The van der Waals surface area contributed by atoms with Crippen molar-refractivity contribution in [2.75, 3.05) is 13.1 Å². The zero-order valence-corrected chi connectivity index (χ0v) is 7.41. The van der Waals surface area contributed by atoms with Crippen LogP contribution >= 0.6 is 0 Å². The van der Waals surface area contributed by atoms with Crippen LogP contribution in [0.1, 0.15) is 20.3 Å². The van der Waals surface area contributed by atoms with Gasteiger partial charge < -0.3 is 0 Å². The third-order valence-electron chi connectivity index (χ3n) is 1.39. The van der Waals surface area contributed by atoms with Crippen LogP contribution < -0.4 is 16.4 Å². The fraction of sp³-hybridized carbons (Fsp3) is 1.00. The molecule has 72 valence electrons. The van der Waals surface area contributed by atoms with Crippen LogP contribution in [-0.2, 0) is 9.88 Å². The van der Waals surface area contributed by atoms with Crippen LogP contribution in [0.3, 0.4) is 0 Å². The summed E-state index contributed by atoms with van der Waals surface area (Å²) in [6.07, 6.45) is 0.950. The van der Waals surface area contributed by atoms with Gasteiger partial charge in [-0.3, -0.25) is 0 Å². The summed E-state index contributed by atoms with van der Waals surface area (Å²) in [5.74, 6) is 5.58. The van der Waals surface area contributed by atoms with Crippen molar-refractivity contribution in [3.05, 3.63) is 5.59 Å². The summed E-state index contributed by atoms with van der Waals surface area (Å²) >= 11 is 0. The molecule has 2 unspecified atom stereocenters. The Morgan fingerprint density at radius 1 is 1.58 bits per heavy atom. The smallest absolute Gasteiger partial charge is 0.145 e.